The average molecular weight is 192 g/mol. The Hall–Kier alpha value is -1.78. The molecule has 0 fully saturated rings. The van der Waals surface area contributed by atoms with Crippen LogP contribution in [0.2, 0.25) is 0 Å². The number of anilines is 1. The van der Waals surface area contributed by atoms with Crippen molar-refractivity contribution in [2.24, 2.45) is 0 Å². The van der Waals surface area contributed by atoms with Gasteiger partial charge in [0.25, 0.3) is 0 Å². The number of imidazole rings is 1. The number of aromatic nitrogens is 3. The van der Waals surface area contributed by atoms with Gasteiger partial charge in [0.2, 0.25) is 0 Å². The third kappa shape index (κ3) is 1.48. The molecule has 2 heterocycles. The van der Waals surface area contributed by atoms with E-state index in [4.69, 9.17) is 10.3 Å². The van der Waals surface area contributed by atoms with Crippen LogP contribution in [0, 0.1) is 13.8 Å². The van der Waals surface area contributed by atoms with E-state index in [9.17, 15) is 0 Å². The predicted molar refractivity (Wildman–Crippen MR) is 51.7 cm³/mol. The van der Waals surface area contributed by atoms with Crippen LogP contribution in [-0.2, 0) is 6.54 Å². The molecule has 0 atom stereocenters. The second-order valence-corrected chi connectivity index (χ2v) is 3.27. The molecule has 0 spiro atoms. The van der Waals surface area contributed by atoms with Crippen molar-refractivity contribution in [3.8, 4) is 0 Å². The van der Waals surface area contributed by atoms with Gasteiger partial charge < -0.3 is 14.8 Å². The molecule has 2 N–H and O–H groups in total. The van der Waals surface area contributed by atoms with Crippen LogP contribution in [0.3, 0.4) is 0 Å². The lowest BCUT2D eigenvalue weighted by Crippen LogP contribution is -1.98. The smallest absolute Gasteiger partial charge is 0.141 e. The molecule has 5 nitrogen and oxygen atoms in total. The standard InChI is InChI=1S/C9H12N4O/c1-6-8(7(2)14-12-6)3-13-4-9(10)11-5-13/h4-5H,3,10H2,1-2H3. The zero-order valence-corrected chi connectivity index (χ0v) is 8.19. The highest BCUT2D eigenvalue weighted by atomic mass is 16.5. The van der Waals surface area contributed by atoms with Gasteiger partial charge in [-0.1, -0.05) is 5.16 Å². The summed E-state index contributed by atoms with van der Waals surface area (Å²) in [4.78, 5) is 3.95. The summed E-state index contributed by atoms with van der Waals surface area (Å²) in [5, 5.41) is 3.88. The Balaban J connectivity index is 2.26. The summed E-state index contributed by atoms with van der Waals surface area (Å²) in [6.07, 6.45) is 3.48. The maximum atomic E-state index is 5.51. The zero-order valence-electron chi connectivity index (χ0n) is 8.19. The first-order valence-electron chi connectivity index (χ1n) is 4.36. The van der Waals surface area contributed by atoms with Crippen LogP contribution in [0.5, 0.6) is 0 Å². The van der Waals surface area contributed by atoms with Crippen LogP contribution in [0.1, 0.15) is 17.0 Å². The average Bonchev–Trinajstić information content (AvgIpc) is 2.67. The van der Waals surface area contributed by atoms with E-state index in [-0.39, 0.29) is 0 Å². The first kappa shape index (κ1) is 8.80. The van der Waals surface area contributed by atoms with Gasteiger partial charge in [-0.05, 0) is 13.8 Å². The molecule has 2 aromatic heterocycles. The van der Waals surface area contributed by atoms with E-state index in [1.54, 1.807) is 12.5 Å². The van der Waals surface area contributed by atoms with E-state index in [1.807, 2.05) is 18.4 Å². The number of nitrogens with zero attached hydrogens (tertiary/aromatic N) is 3. The molecule has 0 unspecified atom stereocenters. The fourth-order valence-corrected chi connectivity index (χ4v) is 1.37. The lowest BCUT2D eigenvalue weighted by atomic mass is 10.2. The molecule has 14 heavy (non-hydrogen) atoms. The zero-order chi connectivity index (χ0) is 10.1. The summed E-state index contributed by atoms with van der Waals surface area (Å²) in [7, 11) is 0. The molecule has 0 aliphatic rings. The van der Waals surface area contributed by atoms with E-state index in [1.165, 1.54) is 0 Å². The lowest BCUT2D eigenvalue weighted by molar-refractivity contribution is 0.392. The topological polar surface area (TPSA) is 69.9 Å². The van der Waals surface area contributed by atoms with Crippen molar-refractivity contribution in [1.29, 1.82) is 0 Å². The first-order valence-corrected chi connectivity index (χ1v) is 4.36. The molecule has 0 amide bonds. The molecule has 0 saturated carbocycles. The predicted octanol–water partition coefficient (Wildman–Crippen LogP) is 1.12. The number of rotatable bonds is 2. The molecule has 2 rings (SSSR count). The quantitative estimate of drug-likeness (QED) is 0.774. The van der Waals surface area contributed by atoms with Crippen molar-refractivity contribution in [1.82, 2.24) is 14.7 Å². The summed E-state index contributed by atoms with van der Waals surface area (Å²) in [5.41, 5.74) is 7.51. The van der Waals surface area contributed by atoms with E-state index < -0.39 is 0 Å². The summed E-state index contributed by atoms with van der Waals surface area (Å²) in [6.45, 7) is 4.52. The number of hydrogen-bond acceptors (Lipinski definition) is 4. The Morgan fingerprint density at radius 1 is 1.50 bits per heavy atom. The first-order chi connectivity index (χ1) is 6.66. The number of nitrogens with two attached hydrogens (primary N) is 1. The Morgan fingerprint density at radius 3 is 2.79 bits per heavy atom. The molecule has 0 aromatic carbocycles. The molecule has 0 bridgehead atoms. The van der Waals surface area contributed by atoms with E-state index in [0.717, 1.165) is 17.0 Å². The normalized spacial score (nSPS) is 10.7. The number of aryl methyl sites for hydroxylation is 2. The molecule has 0 aliphatic carbocycles. The maximum Gasteiger partial charge on any atom is 0.141 e. The van der Waals surface area contributed by atoms with Gasteiger partial charge in [-0.2, -0.15) is 0 Å². The van der Waals surface area contributed by atoms with Crippen molar-refractivity contribution in [3.63, 3.8) is 0 Å². The summed E-state index contributed by atoms with van der Waals surface area (Å²) < 4.78 is 6.96. The third-order valence-corrected chi connectivity index (χ3v) is 2.18. The molecule has 74 valence electrons. The van der Waals surface area contributed by atoms with Gasteiger partial charge in [0.1, 0.15) is 11.6 Å². The Labute approximate surface area is 81.5 Å². The summed E-state index contributed by atoms with van der Waals surface area (Å²) >= 11 is 0. The maximum absolute atomic E-state index is 5.51. The van der Waals surface area contributed by atoms with Gasteiger partial charge in [0, 0.05) is 11.8 Å². The molecule has 0 saturated heterocycles. The van der Waals surface area contributed by atoms with Crippen molar-refractivity contribution in [2.75, 3.05) is 5.73 Å². The van der Waals surface area contributed by atoms with E-state index >= 15 is 0 Å². The van der Waals surface area contributed by atoms with Gasteiger partial charge in [0.15, 0.2) is 0 Å². The minimum Gasteiger partial charge on any atom is -0.382 e. The van der Waals surface area contributed by atoms with Crippen molar-refractivity contribution >= 4 is 5.82 Å². The van der Waals surface area contributed by atoms with Crippen LogP contribution >= 0.6 is 0 Å². The van der Waals surface area contributed by atoms with Crippen LogP contribution in [0.25, 0.3) is 0 Å². The van der Waals surface area contributed by atoms with Crippen molar-refractivity contribution in [2.45, 2.75) is 20.4 Å². The molecule has 2 aromatic rings. The van der Waals surface area contributed by atoms with E-state index in [0.29, 0.717) is 12.4 Å². The van der Waals surface area contributed by atoms with Gasteiger partial charge in [0.05, 0.1) is 18.6 Å². The highest BCUT2D eigenvalue weighted by Crippen LogP contribution is 2.14. The fraction of sp³-hybridized carbons (Fsp3) is 0.333. The van der Waals surface area contributed by atoms with Crippen molar-refractivity contribution < 1.29 is 4.52 Å². The van der Waals surface area contributed by atoms with Crippen LogP contribution in [0.4, 0.5) is 5.82 Å². The van der Waals surface area contributed by atoms with Crippen LogP contribution < -0.4 is 5.73 Å². The SMILES string of the molecule is Cc1noc(C)c1Cn1cnc(N)c1. The summed E-state index contributed by atoms with van der Waals surface area (Å²) in [5.74, 6) is 1.37. The lowest BCUT2D eigenvalue weighted by Gasteiger charge is -1.99. The number of nitrogen functional groups attached to an aromatic ring is 1. The Kier molecular flexibility index (Phi) is 1.99. The van der Waals surface area contributed by atoms with Gasteiger partial charge in [-0.3, -0.25) is 0 Å². The van der Waals surface area contributed by atoms with Crippen LogP contribution in [0.15, 0.2) is 17.0 Å². The second-order valence-electron chi connectivity index (χ2n) is 3.27. The molecular weight excluding hydrogens is 180 g/mol. The fourth-order valence-electron chi connectivity index (χ4n) is 1.37. The third-order valence-electron chi connectivity index (χ3n) is 2.18. The molecule has 0 radical (unpaired) electrons. The molecular formula is C9H12N4O. The van der Waals surface area contributed by atoms with Gasteiger partial charge in [-0.25, -0.2) is 4.98 Å². The Morgan fingerprint density at radius 2 is 2.29 bits per heavy atom. The second kappa shape index (κ2) is 3.17. The minimum atomic E-state index is 0.525. The van der Waals surface area contributed by atoms with E-state index in [2.05, 4.69) is 10.1 Å². The molecule has 0 aliphatic heterocycles. The highest BCUT2D eigenvalue weighted by Gasteiger charge is 2.09. The highest BCUT2D eigenvalue weighted by molar-refractivity contribution is 5.25. The minimum absolute atomic E-state index is 0.525. The Bertz CT molecular complexity index is 424. The molecule has 5 heteroatoms. The van der Waals surface area contributed by atoms with Crippen molar-refractivity contribution in [3.05, 3.63) is 29.5 Å². The monoisotopic (exact) mass is 192 g/mol. The number of hydrogen-bond donors (Lipinski definition) is 1. The van der Waals surface area contributed by atoms with Gasteiger partial charge >= 0.3 is 0 Å². The van der Waals surface area contributed by atoms with Gasteiger partial charge in [-0.15, -0.1) is 0 Å². The van der Waals surface area contributed by atoms with Crippen LogP contribution in [-0.4, -0.2) is 14.7 Å². The summed E-state index contributed by atoms with van der Waals surface area (Å²) in [6, 6.07) is 0. The largest absolute Gasteiger partial charge is 0.382 e.